The summed E-state index contributed by atoms with van der Waals surface area (Å²) in [6.07, 6.45) is 1.37. The SMILES string of the molecule is CCOC(=O)c1cnn(-c2ccc(C(=O)NC(C)C)cc2)c1N. The van der Waals surface area contributed by atoms with Crippen molar-refractivity contribution < 1.29 is 14.3 Å². The molecule has 0 aliphatic rings. The van der Waals surface area contributed by atoms with Gasteiger partial charge >= 0.3 is 5.97 Å². The Morgan fingerprint density at radius 3 is 2.52 bits per heavy atom. The Balaban J connectivity index is 2.23. The van der Waals surface area contributed by atoms with Crippen LogP contribution >= 0.6 is 0 Å². The van der Waals surface area contributed by atoms with Crippen molar-refractivity contribution in [3.63, 3.8) is 0 Å². The first-order valence-corrected chi connectivity index (χ1v) is 7.36. The van der Waals surface area contributed by atoms with Crippen molar-refractivity contribution in [2.24, 2.45) is 0 Å². The quantitative estimate of drug-likeness (QED) is 0.819. The molecule has 1 aromatic heterocycles. The van der Waals surface area contributed by atoms with E-state index >= 15 is 0 Å². The third-order valence-electron chi connectivity index (χ3n) is 3.10. The Kier molecular flexibility index (Phi) is 5.00. The van der Waals surface area contributed by atoms with Gasteiger partial charge < -0.3 is 15.8 Å². The van der Waals surface area contributed by atoms with Crippen molar-refractivity contribution in [3.8, 4) is 5.69 Å². The fraction of sp³-hybridized carbons (Fsp3) is 0.312. The third kappa shape index (κ3) is 3.68. The van der Waals surface area contributed by atoms with Gasteiger partial charge in [0.1, 0.15) is 11.4 Å². The number of carbonyl (C=O) groups excluding carboxylic acids is 2. The molecule has 0 saturated heterocycles. The molecule has 0 fully saturated rings. The lowest BCUT2D eigenvalue weighted by Gasteiger charge is -2.09. The summed E-state index contributed by atoms with van der Waals surface area (Å²) in [5.41, 5.74) is 7.36. The average Bonchev–Trinajstić information content (AvgIpc) is 2.88. The zero-order valence-electron chi connectivity index (χ0n) is 13.4. The zero-order chi connectivity index (χ0) is 17.0. The van der Waals surface area contributed by atoms with Gasteiger partial charge in [-0.1, -0.05) is 0 Å². The molecule has 122 valence electrons. The van der Waals surface area contributed by atoms with Gasteiger partial charge in [-0.15, -0.1) is 0 Å². The predicted molar refractivity (Wildman–Crippen MR) is 86.5 cm³/mol. The lowest BCUT2D eigenvalue weighted by molar-refractivity contribution is 0.0527. The van der Waals surface area contributed by atoms with Gasteiger partial charge in [0.2, 0.25) is 0 Å². The maximum absolute atomic E-state index is 11.9. The average molecular weight is 316 g/mol. The number of rotatable bonds is 5. The van der Waals surface area contributed by atoms with E-state index in [-0.39, 0.29) is 29.9 Å². The molecule has 0 radical (unpaired) electrons. The van der Waals surface area contributed by atoms with Gasteiger partial charge in [-0.2, -0.15) is 5.10 Å². The van der Waals surface area contributed by atoms with E-state index in [1.165, 1.54) is 10.9 Å². The Labute approximate surface area is 134 Å². The lowest BCUT2D eigenvalue weighted by Crippen LogP contribution is -2.30. The van der Waals surface area contributed by atoms with Crippen molar-refractivity contribution in [1.29, 1.82) is 0 Å². The number of hydrogen-bond donors (Lipinski definition) is 2. The molecule has 0 bridgehead atoms. The minimum absolute atomic E-state index is 0.0658. The molecule has 0 aliphatic heterocycles. The smallest absolute Gasteiger partial charge is 0.343 e. The number of benzene rings is 1. The first-order chi connectivity index (χ1) is 10.9. The minimum Gasteiger partial charge on any atom is -0.462 e. The van der Waals surface area contributed by atoms with E-state index in [1.54, 1.807) is 31.2 Å². The highest BCUT2D eigenvalue weighted by molar-refractivity contribution is 5.95. The van der Waals surface area contributed by atoms with Crippen molar-refractivity contribution in [2.75, 3.05) is 12.3 Å². The van der Waals surface area contributed by atoms with Crippen molar-refractivity contribution in [2.45, 2.75) is 26.8 Å². The summed E-state index contributed by atoms with van der Waals surface area (Å²) < 4.78 is 6.35. The second-order valence-corrected chi connectivity index (χ2v) is 5.25. The van der Waals surface area contributed by atoms with Crippen LogP contribution in [-0.4, -0.2) is 34.3 Å². The highest BCUT2D eigenvalue weighted by Crippen LogP contribution is 2.18. The largest absolute Gasteiger partial charge is 0.462 e. The molecule has 0 spiro atoms. The Hall–Kier alpha value is -2.83. The van der Waals surface area contributed by atoms with E-state index in [0.717, 1.165) is 0 Å². The molecule has 0 unspecified atom stereocenters. The number of nitrogens with two attached hydrogens (primary N) is 1. The van der Waals surface area contributed by atoms with Crippen molar-refractivity contribution >= 4 is 17.7 Å². The summed E-state index contributed by atoms with van der Waals surface area (Å²) >= 11 is 0. The summed E-state index contributed by atoms with van der Waals surface area (Å²) in [7, 11) is 0. The molecule has 1 amide bonds. The van der Waals surface area contributed by atoms with Crippen molar-refractivity contribution in [3.05, 3.63) is 41.6 Å². The molecular weight excluding hydrogens is 296 g/mol. The number of nitrogens with one attached hydrogen (secondary N) is 1. The first-order valence-electron chi connectivity index (χ1n) is 7.36. The molecule has 3 N–H and O–H groups in total. The van der Waals surface area contributed by atoms with Crippen LogP contribution in [0.15, 0.2) is 30.5 Å². The van der Waals surface area contributed by atoms with Crippen LogP contribution in [0.2, 0.25) is 0 Å². The summed E-state index contributed by atoms with van der Waals surface area (Å²) in [5, 5.41) is 6.92. The normalized spacial score (nSPS) is 10.6. The van der Waals surface area contributed by atoms with Crippen LogP contribution in [0.1, 0.15) is 41.5 Å². The van der Waals surface area contributed by atoms with Crippen LogP contribution in [0.5, 0.6) is 0 Å². The summed E-state index contributed by atoms with van der Waals surface area (Å²) in [6.45, 7) is 5.78. The number of hydrogen-bond acceptors (Lipinski definition) is 5. The first kappa shape index (κ1) is 16.5. The van der Waals surface area contributed by atoms with Gasteiger partial charge in [0.05, 0.1) is 18.5 Å². The van der Waals surface area contributed by atoms with Gasteiger partial charge in [-0.05, 0) is 45.0 Å². The topological polar surface area (TPSA) is 99.2 Å². The van der Waals surface area contributed by atoms with E-state index < -0.39 is 5.97 Å². The van der Waals surface area contributed by atoms with E-state index in [0.29, 0.717) is 11.3 Å². The number of amides is 1. The molecule has 2 rings (SSSR count). The molecule has 7 nitrogen and oxygen atoms in total. The van der Waals surface area contributed by atoms with Gasteiger partial charge in [0.25, 0.3) is 5.91 Å². The summed E-state index contributed by atoms with van der Waals surface area (Å²) in [4.78, 5) is 23.7. The van der Waals surface area contributed by atoms with E-state index in [4.69, 9.17) is 10.5 Å². The summed E-state index contributed by atoms with van der Waals surface area (Å²) in [5.74, 6) is -0.459. The Morgan fingerprint density at radius 2 is 1.96 bits per heavy atom. The highest BCUT2D eigenvalue weighted by Gasteiger charge is 2.17. The Bertz CT molecular complexity index is 705. The summed E-state index contributed by atoms with van der Waals surface area (Å²) in [6, 6.07) is 6.85. The van der Waals surface area contributed by atoms with Crippen LogP contribution in [0.4, 0.5) is 5.82 Å². The van der Waals surface area contributed by atoms with Crippen molar-refractivity contribution in [1.82, 2.24) is 15.1 Å². The number of nitrogen functional groups attached to an aromatic ring is 1. The van der Waals surface area contributed by atoms with Gasteiger partial charge in [0, 0.05) is 11.6 Å². The van der Waals surface area contributed by atoms with Crippen LogP contribution < -0.4 is 11.1 Å². The number of ether oxygens (including phenoxy) is 1. The number of esters is 1. The predicted octanol–water partition coefficient (Wildman–Crippen LogP) is 1.77. The maximum atomic E-state index is 11.9. The molecule has 7 heteroatoms. The molecule has 23 heavy (non-hydrogen) atoms. The van der Waals surface area contributed by atoms with E-state index in [2.05, 4.69) is 10.4 Å². The Morgan fingerprint density at radius 1 is 1.30 bits per heavy atom. The molecule has 1 heterocycles. The number of carbonyl (C=O) groups is 2. The molecular formula is C16H20N4O3. The number of anilines is 1. The molecule has 2 aromatic rings. The van der Waals surface area contributed by atoms with E-state index in [1.807, 2.05) is 13.8 Å². The fourth-order valence-electron chi connectivity index (χ4n) is 2.03. The molecule has 0 saturated carbocycles. The van der Waals surface area contributed by atoms with E-state index in [9.17, 15) is 9.59 Å². The third-order valence-corrected chi connectivity index (χ3v) is 3.10. The van der Waals surface area contributed by atoms with Gasteiger partial charge in [-0.25, -0.2) is 9.48 Å². The highest BCUT2D eigenvalue weighted by atomic mass is 16.5. The van der Waals surface area contributed by atoms with Crippen LogP contribution in [0, 0.1) is 0 Å². The fourth-order valence-corrected chi connectivity index (χ4v) is 2.03. The molecule has 1 aromatic carbocycles. The zero-order valence-corrected chi connectivity index (χ0v) is 13.4. The second-order valence-electron chi connectivity index (χ2n) is 5.25. The minimum atomic E-state index is -0.510. The molecule has 0 atom stereocenters. The maximum Gasteiger partial charge on any atom is 0.343 e. The number of aromatic nitrogens is 2. The van der Waals surface area contributed by atoms with Gasteiger partial charge in [0.15, 0.2) is 0 Å². The van der Waals surface area contributed by atoms with Crippen LogP contribution in [0.25, 0.3) is 5.69 Å². The van der Waals surface area contributed by atoms with Crippen LogP contribution in [-0.2, 0) is 4.74 Å². The van der Waals surface area contributed by atoms with Crippen LogP contribution in [0.3, 0.4) is 0 Å². The monoisotopic (exact) mass is 316 g/mol. The molecule has 0 aliphatic carbocycles. The second kappa shape index (κ2) is 6.95. The van der Waals surface area contributed by atoms with Gasteiger partial charge in [-0.3, -0.25) is 4.79 Å². The number of nitrogens with zero attached hydrogens (tertiary/aromatic N) is 2. The lowest BCUT2D eigenvalue weighted by atomic mass is 10.2. The standard InChI is InChI=1S/C16H20N4O3/c1-4-23-16(22)13-9-18-20(14(13)17)12-7-5-11(6-8-12)15(21)19-10(2)3/h5-10H,4,17H2,1-3H3,(H,19,21).